The SMILES string of the molecule is C[C@H]1C[C@H]2[C@@H]3CC[C@](O)(C(=O)CO)[C@@]3(C)CC(O)[C@]2(F)[C@@]2(C)C=CC(=O)C=C12. The summed E-state index contributed by atoms with van der Waals surface area (Å²) in [5, 5.41) is 31.7. The van der Waals surface area contributed by atoms with Crippen molar-refractivity contribution < 1.29 is 29.3 Å². The van der Waals surface area contributed by atoms with Gasteiger partial charge in [0, 0.05) is 16.7 Å². The van der Waals surface area contributed by atoms with Crippen molar-refractivity contribution >= 4 is 11.6 Å². The third kappa shape index (κ3) is 2.06. The Kier molecular flexibility index (Phi) is 4.15. The summed E-state index contributed by atoms with van der Waals surface area (Å²) in [5.74, 6) is -1.73. The molecule has 3 fully saturated rings. The largest absolute Gasteiger partial charge is 0.390 e. The Bertz CT molecular complexity index is 805. The van der Waals surface area contributed by atoms with E-state index < -0.39 is 46.5 Å². The van der Waals surface area contributed by atoms with Crippen molar-refractivity contribution in [2.45, 2.75) is 63.8 Å². The number of carbonyl (C=O) groups is 2. The van der Waals surface area contributed by atoms with Crippen LogP contribution in [-0.2, 0) is 9.59 Å². The number of fused-ring (bicyclic) bond motifs is 5. The van der Waals surface area contributed by atoms with Crippen LogP contribution in [0, 0.1) is 28.6 Å². The van der Waals surface area contributed by atoms with Gasteiger partial charge < -0.3 is 15.3 Å². The van der Waals surface area contributed by atoms with Crippen LogP contribution in [0.25, 0.3) is 0 Å². The number of Topliss-reactive ketones (excluding diaryl/α,β-unsaturated/α-hetero) is 1. The summed E-state index contributed by atoms with van der Waals surface area (Å²) in [6, 6.07) is 0. The lowest BCUT2D eigenvalue weighted by atomic mass is 9.43. The molecule has 4 rings (SSSR count). The molecule has 0 radical (unpaired) electrons. The molecule has 0 aliphatic heterocycles. The topological polar surface area (TPSA) is 94.8 Å². The van der Waals surface area contributed by atoms with Gasteiger partial charge in [-0.25, -0.2) is 4.39 Å². The molecule has 0 amide bonds. The fourth-order valence-electron chi connectivity index (χ4n) is 7.19. The van der Waals surface area contributed by atoms with Crippen LogP contribution in [0.4, 0.5) is 4.39 Å². The molecule has 0 heterocycles. The van der Waals surface area contributed by atoms with E-state index in [1.807, 2.05) is 6.92 Å². The first-order chi connectivity index (χ1) is 13.0. The van der Waals surface area contributed by atoms with Gasteiger partial charge in [0.1, 0.15) is 12.2 Å². The minimum atomic E-state index is -1.99. The zero-order valence-corrected chi connectivity index (χ0v) is 16.6. The van der Waals surface area contributed by atoms with E-state index in [2.05, 4.69) is 0 Å². The van der Waals surface area contributed by atoms with Crippen LogP contribution in [0.5, 0.6) is 0 Å². The first kappa shape index (κ1) is 19.9. The summed E-state index contributed by atoms with van der Waals surface area (Å²) in [6.07, 6.45) is 4.09. The second kappa shape index (κ2) is 5.83. The summed E-state index contributed by atoms with van der Waals surface area (Å²) in [6.45, 7) is 4.69. The van der Waals surface area contributed by atoms with Crippen LogP contribution in [0.2, 0.25) is 0 Å². The van der Waals surface area contributed by atoms with Crippen molar-refractivity contribution in [1.82, 2.24) is 0 Å². The summed E-state index contributed by atoms with van der Waals surface area (Å²) >= 11 is 0. The second-order valence-electron chi connectivity index (χ2n) is 9.77. The number of halogens is 1. The lowest BCUT2D eigenvalue weighted by Gasteiger charge is -2.63. The van der Waals surface area contributed by atoms with Crippen LogP contribution in [0.15, 0.2) is 23.8 Å². The van der Waals surface area contributed by atoms with Gasteiger partial charge in [0.15, 0.2) is 17.2 Å². The van der Waals surface area contributed by atoms with Gasteiger partial charge in [0.2, 0.25) is 0 Å². The number of carbonyl (C=O) groups excluding carboxylic acids is 2. The van der Waals surface area contributed by atoms with Crippen molar-refractivity contribution in [2.24, 2.45) is 28.6 Å². The quantitative estimate of drug-likeness (QED) is 0.667. The zero-order chi connectivity index (χ0) is 20.7. The number of alkyl halides is 1. The van der Waals surface area contributed by atoms with E-state index in [0.29, 0.717) is 18.4 Å². The fourth-order valence-corrected chi connectivity index (χ4v) is 7.19. The van der Waals surface area contributed by atoms with Crippen molar-refractivity contribution in [3.05, 3.63) is 23.8 Å². The Morgan fingerprint density at radius 2 is 2.00 bits per heavy atom. The maximum atomic E-state index is 16.9. The highest BCUT2D eigenvalue weighted by atomic mass is 19.1. The smallest absolute Gasteiger partial charge is 0.190 e. The van der Waals surface area contributed by atoms with Gasteiger partial charge >= 0.3 is 0 Å². The van der Waals surface area contributed by atoms with Crippen molar-refractivity contribution in [2.75, 3.05) is 6.61 Å². The first-order valence-electron chi connectivity index (χ1n) is 10.1. The highest BCUT2D eigenvalue weighted by Crippen LogP contribution is 2.70. The number of aliphatic hydroxyl groups is 3. The minimum Gasteiger partial charge on any atom is -0.390 e. The van der Waals surface area contributed by atoms with Crippen LogP contribution in [0.3, 0.4) is 0 Å². The van der Waals surface area contributed by atoms with Gasteiger partial charge in [-0.05, 0) is 56.6 Å². The van der Waals surface area contributed by atoms with Gasteiger partial charge in [-0.2, -0.15) is 0 Å². The zero-order valence-electron chi connectivity index (χ0n) is 16.6. The van der Waals surface area contributed by atoms with Crippen molar-refractivity contribution in [1.29, 1.82) is 0 Å². The van der Waals surface area contributed by atoms with Gasteiger partial charge in [-0.1, -0.05) is 25.5 Å². The summed E-state index contributed by atoms with van der Waals surface area (Å²) < 4.78 is 16.9. The Morgan fingerprint density at radius 1 is 1.32 bits per heavy atom. The normalized spacial score (nSPS) is 52.5. The molecule has 0 bridgehead atoms. The molecule has 0 spiro atoms. The predicted octanol–water partition coefficient (Wildman–Crippen LogP) is 1.90. The van der Waals surface area contributed by atoms with E-state index in [4.69, 9.17) is 0 Å². The molecule has 28 heavy (non-hydrogen) atoms. The minimum absolute atomic E-state index is 0.0513. The third-order valence-electron chi connectivity index (χ3n) is 8.73. The summed E-state index contributed by atoms with van der Waals surface area (Å²) in [4.78, 5) is 24.3. The summed E-state index contributed by atoms with van der Waals surface area (Å²) in [5.41, 5.74) is -5.14. The van der Waals surface area contributed by atoms with Crippen LogP contribution >= 0.6 is 0 Å². The van der Waals surface area contributed by atoms with E-state index in [1.165, 1.54) is 12.2 Å². The number of hydrogen-bond donors (Lipinski definition) is 3. The fraction of sp³-hybridized carbons (Fsp3) is 0.727. The van der Waals surface area contributed by atoms with Gasteiger partial charge in [0.05, 0.1) is 6.10 Å². The molecule has 3 N–H and O–H groups in total. The van der Waals surface area contributed by atoms with Gasteiger partial charge in [-0.15, -0.1) is 0 Å². The average Bonchev–Trinajstić information content (AvgIpc) is 2.91. The molecule has 0 saturated heterocycles. The monoisotopic (exact) mass is 392 g/mol. The van der Waals surface area contributed by atoms with E-state index in [1.54, 1.807) is 19.9 Å². The van der Waals surface area contributed by atoms with Crippen molar-refractivity contribution in [3.8, 4) is 0 Å². The van der Waals surface area contributed by atoms with E-state index in [9.17, 15) is 24.9 Å². The molecule has 4 aliphatic rings. The van der Waals surface area contributed by atoms with Crippen LogP contribution < -0.4 is 0 Å². The van der Waals surface area contributed by atoms with E-state index in [0.717, 1.165) is 0 Å². The highest BCUT2D eigenvalue weighted by Gasteiger charge is 2.74. The Hall–Kier alpha value is -1.37. The Morgan fingerprint density at radius 3 is 2.64 bits per heavy atom. The lowest BCUT2D eigenvalue weighted by molar-refractivity contribution is -0.221. The summed E-state index contributed by atoms with van der Waals surface area (Å²) in [7, 11) is 0. The lowest BCUT2D eigenvalue weighted by Crippen LogP contribution is -2.69. The molecule has 8 atom stereocenters. The molecular weight excluding hydrogens is 363 g/mol. The molecule has 154 valence electrons. The van der Waals surface area contributed by atoms with E-state index >= 15 is 4.39 Å². The molecule has 0 aromatic carbocycles. The molecular formula is C22H29FO5. The van der Waals surface area contributed by atoms with Gasteiger partial charge in [-0.3, -0.25) is 9.59 Å². The number of rotatable bonds is 2. The molecule has 3 saturated carbocycles. The van der Waals surface area contributed by atoms with Crippen LogP contribution in [-0.4, -0.2) is 50.9 Å². The number of ketones is 2. The number of allylic oxidation sites excluding steroid dienone is 4. The number of aliphatic hydroxyl groups excluding tert-OH is 2. The second-order valence-corrected chi connectivity index (χ2v) is 9.77. The maximum absolute atomic E-state index is 16.9. The predicted molar refractivity (Wildman–Crippen MR) is 99.9 cm³/mol. The molecule has 5 nitrogen and oxygen atoms in total. The van der Waals surface area contributed by atoms with Crippen molar-refractivity contribution in [3.63, 3.8) is 0 Å². The van der Waals surface area contributed by atoms with Gasteiger partial charge in [0.25, 0.3) is 0 Å². The molecule has 0 aromatic heterocycles. The highest BCUT2D eigenvalue weighted by molar-refractivity contribution is 6.01. The molecule has 0 aromatic rings. The molecule has 1 unspecified atom stereocenters. The Balaban J connectivity index is 1.84. The van der Waals surface area contributed by atoms with E-state index in [-0.39, 0.29) is 30.5 Å². The number of hydrogen-bond acceptors (Lipinski definition) is 5. The molecule has 6 heteroatoms. The Labute approximate surface area is 164 Å². The molecule has 4 aliphatic carbocycles. The average molecular weight is 392 g/mol. The first-order valence-corrected chi connectivity index (χ1v) is 10.1. The maximum Gasteiger partial charge on any atom is 0.190 e. The van der Waals surface area contributed by atoms with Crippen LogP contribution in [0.1, 0.15) is 46.5 Å². The standard InChI is InChI=1S/C22H29FO5/c1-12-8-16-14-5-7-21(28,18(27)11-24)20(14,3)10-17(26)22(16,23)19(2)6-4-13(25)9-15(12)19/h4,6,9,12,14,16-17,24,26,28H,5,7-8,10-11H2,1-3H3/t12-,14-,16-,17?,19-,20-,21-,22-/m0/s1. The third-order valence-corrected chi connectivity index (χ3v) is 8.73.